The molecule has 0 fully saturated rings. The number of nitrogens with zero attached hydrogens (tertiary/aromatic N) is 2. The first-order chi connectivity index (χ1) is 29.7. The van der Waals surface area contributed by atoms with Crippen LogP contribution in [-0.2, 0) is 0 Å². The zero-order valence-electron chi connectivity index (χ0n) is 32.9. The van der Waals surface area contributed by atoms with Crippen LogP contribution in [0, 0.1) is 0 Å². The normalized spacial score (nSPS) is 11.6. The maximum atomic E-state index is 6.27. The molecule has 1 atom stereocenters. The van der Waals surface area contributed by atoms with Crippen LogP contribution < -0.4 is 9.47 Å². The molecule has 10 aromatic rings. The Morgan fingerprint density at radius 2 is 0.600 bits per heavy atom. The highest BCUT2D eigenvalue weighted by atomic mass is 16.3. The molecule has 0 amide bonds. The van der Waals surface area contributed by atoms with Crippen molar-refractivity contribution in [3.63, 3.8) is 0 Å². The Hall–Kier alpha value is -7.95. The molecule has 0 N–H and O–H groups in total. The first-order valence-electron chi connectivity index (χ1n) is 20.3. The van der Waals surface area contributed by atoms with Crippen LogP contribution in [0.4, 0.5) is 17.1 Å². The van der Waals surface area contributed by atoms with Gasteiger partial charge in [-0.15, -0.1) is 0 Å². The Labute approximate surface area is 350 Å². The highest BCUT2D eigenvalue weighted by Crippen LogP contribution is 2.38. The molecule has 0 aliphatic rings. The molecule has 0 aliphatic heterocycles. The molecule has 3 heterocycles. The van der Waals surface area contributed by atoms with Crippen LogP contribution in [-0.4, -0.2) is 0 Å². The minimum absolute atomic E-state index is 0.00215. The summed E-state index contributed by atoms with van der Waals surface area (Å²) >= 11 is 0. The largest absolute Gasteiger partial charge is 0.456 e. The number of anilines is 3. The monoisotopic (exact) mass is 773 g/mol. The van der Waals surface area contributed by atoms with E-state index in [0.29, 0.717) is 0 Å². The van der Waals surface area contributed by atoms with Gasteiger partial charge < -0.3 is 13.7 Å². The van der Waals surface area contributed by atoms with Gasteiger partial charge in [0.2, 0.25) is 6.04 Å². The van der Waals surface area contributed by atoms with Gasteiger partial charge >= 0.3 is 0 Å². The molecular formula is C56H41N2O2+. The molecule has 0 saturated heterocycles. The van der Waals surface area contributed by atoms with Crippen LogP contribution in [0.5, 0.6) is 0 Å². The standard InChI is InChI=1S/C56H41N2O2/c1-5-13-43(14-6-1)52-35-37-54(59-52)45-21-25-48(26-22-45)56(57-39-11-4-12-40-57)47-23-19-41(20-24-47)42-27-31-50(32-28-42)58(49-17-9-3-10-18-49)51-33-29-46(30-34-51)55-38-36-53(60-55)44-15-7-2-8-16-44/h1-40,56H/q+1. The number of rotatable bonds is 11. The summed E-state index contributed by atoms with van der Waals surface area (Å²) < 4.78 is 14.8. The van der Waals surface area contributed by atoms with Crippen molar-refractivity contribution in [1.29, 1.82) is 0 Å². The van der Waals surface area contributed by atoms with Crippen molar-refractivity contribution in [2.75, 3.05) is 4.90 Å². The Kier molecular flexibility index (Phi) is 10.0. The van der Waals surface area contributed by atoms with E-state index in [2.05, 4.69) is 192 Å². The Morgan fingerprint density at radius 3 is 1.03 bits per heavy atom. The number of aromatic nitrogens is 1. The number of furan rings is 2. The van der Waals surface area contributed by atoms with Crippen LogP contribution in [0.1, 0.15) is 17.2 Å². The third-order valence-electron chi connectivity index (χ3n) is 11.0. The summed E-state index contributed by atoms with van der Waals surface area (Å²) in [5, 5.41) is 0. The van der Waals surface area contributed by atoms with E-state index in [1.165, 1.54) is 11.1 Å². The van der Waals surface area contributed by atoms with E-state index in [-0.39, 0.29) is 6.04 Å². The van der Waals surface area contributed by atoms with Crippen LogP contribution in [0.25, 0.3) is 56.4 Å². The van der Waals surface area contributed by atoms with Gasteiger partial charge in [0.1, 0.15) is 23.0 Å². The number of pyridine rings is 1. The second-order valence-electron chi connectivity index (χ2n) is 14.8. The lowest BCUT2D eigenvalue weighted by Crippen LogP contribution is -2.39. The molecule has 1 unspecified atom stereocenters. The van der Waals surface area contributed by atoms with Crippen molar-refractivity contribution < 1.29 is 13.4 Å². The lowest BCUT2D eigenvalue weighted by Gasteiger charge is -2.25. The molecule has 10 rings (SSSR count). The second kappa shape index (κ2) is 16.5. The molecule has 4 nitrogen and oxygen atoms in total. The van der Waals surface area contributed by atoms with E-state index < -0.39 is 0 Å². The van der Waals surface area contributed by atoms with Crippen molar-refractivity contribution in [3.8, 4) is 56.4 Å². The van der Waals surface area contributed by atoms with E-state index in [0.717, 1.165) is 73.5 Å². The van der Waals surface area contributed by atoms with Gasteiger partial charge in [0.05, 0.1) is 0 Å². The average molecular weight is 774 g/mol. The van der Waals surface area contributed by atoms with E-state index in [4.69, 9.17) is 8.83 Å². The molecule has 286 valence electrons. The summed E-state index contributed by atoms with van der Waals surface area (Å²) in [5.74, 6) is 3.42. The number of para-hydroxylation sites is 1. The molecule has 0 aliphatic carbocycles. The van der Waals surface area contributed by atoms with Crippen molar-refractivity contribution in [3.05, 3.63) is 254 Å². The van der Waals surface area contributed by atoms with E-state index >= 15 is 0 Å². The SMILES string of the molecule is c1ccc(-c2ccc(-c3ccc(C(c4ccc(-c5ccc(N(c6ccccc6)c6ccc(-c7ccc(-c8ccccc8)o7)cc6)cc5)cc4)[n+]4ccccc4)cc3)o2)cc1. The number of benzene rings is 7. The van der Waals surface area contributed by atoms with Gasteiger partial charge in [0.15, 0.2) is 12.4 Å². The van der Waals surface area contributed by atoms with Gasteiger partial charge in [0.25, 0.3) is 0 Å². The number of hydrogen-bond donors (Lipinski definition) is 0. The molecular weight excluding hydrogens is 733 g/mol. The minimum Gasteiger partial charge on any atom is -0.456 e. The topological polar surface area (TPSA) is 33.4 Å². The van der Waals surface area contributed by atoms with E-state index in [9.17, 15) is 0 Å². The maximum absolute atomic E-state index is 6.27. The predicted octanol–water partition coefficient (Wildman–Crippen LogP) is 14.6. The Balaban J connectivity index is 0.899. The zero-order valence-corrected chi connectivity index (χ0v) is 32.9. The quantitative estimate of drug-likeness (QED) is 0.123. The summed E-state index contributed by atoms with van der Waals surface area (Å²) in [5.41, 5.74) is 12.2. The van der Waals surface area contributed by atoms with Gasteiger partial charge in [-0.25, -0.2) is 0 Å². The molecule has 7 aromatic carbocycles. The molecule has 0 bridgehead atoms. The first-order valence-corrected chi connectivity index (χ1v) is 20.3. The van der Waals surface area contributed by atoms with Crippen molar-refractivity contribution in [2.45, 2.75) is 6.04 Å². The average Bonchev–Trinajstić information content (AvgIpc) is 4.04. The lowest BCUT2D eigenvalue weighted by molar-refractivity contribution is -0.704. The summed E-state index contributed by atoms with van der Waals surface area (Å²) in [7, 11) is 0. The summed E-state index contributed by atoms with van der Waals surface area (Å²) in [4.78, 5) is 2.29. The summed E-state index contributed by atoms with van der Waals surface area (Å²) in [6.07, 6.45) is 4.27. The summed E-state index contributed by atoms with van der Waals surface area (Å²) in [6, 6.07) is 80.4. The highest BCUT2D eigenvalue weighted by Gasteiger charge is 2.24. The molecule has 0 spiro atoms. The fraction of sp³-hybridized carbons (Fsp3) is 0.0179. The fourth-order valence-electron chi connectivity index (χ4n) is 7.91. The third kappa shape index (κ3) is 7.58. The minimum atomic E-state index is -0.00215. The van der Waals surface area contributed by atoms with Gasteiger partial charge in [-0.1, -0.05) is 146 Å². The second-order valence-corrected chi connectivity index (χ2v) is 14.8. The summed E-state index contributed by atoms with van der Waals surface area (Å²) in [6.45, 7) is 0. The van der Waals surface area contributed by atoms with Gasteiger partial charge in [-0.3, -0.25) is 0 Å². The lowest BCUT2D eigenvalue weighted by atomic mass is 9.94. The van der Waals surface area contributed by atoms with E-state index in [1.54, 1.807) is 0 Å². The van der Waals surface area contributed by atoms with Crippen LogP contribution in [0.2, 0.25) is 0 Å². The van der Waals surface area contributed by atoms with Gasteiger partial charge in [-0.2, -0.15) is 4.57 Å². The van der Waals surface area contributed by atoms with Crippen molar-refractivity contribution >= 4 is 17.1 Å². The Bertz CT molecular complexity index is 2710. The number of hydrogen-bond acceptors (Lipinski definition) is 3. The van der Waals surface area contributed by atoms with Crippen LogP contribution >= 0.6 is 0 Å². The third-order valence-corrected chi connectivity index (χ3v) is 11.0. The fourth-order valence-corrected chi connectivity index (χ4v) is 7.91. The zero-order chi connectivity index (χ0) is 40.1. The smallest absolute Gasteiger partial charge is 0.208 e. The molecule has 3 aromatic heterocycles. The highest BCUT2D eigenvalue weighted by molar-refractivity contribution is 5.79. The first kappa shape index (κ1) is 36.4. The Morgan fingerprint density at radius 1 is 0.283 bits per heavy atom. The predicted molar refractivity (Wildman–Crippen MR) is 243 cm³/mol. The molecule has 0 radical (unpaired) electrons. The molecule has 4 heteroatoms. The maximum Gasteiger partial charge on any atom is 0.208 e. The van der Waals surface area contributed by atoms with Crippen molar-refractivity contribution in [1.82, 2.24) is 0 Å². The van der Waals surface area contributed by atoms with E-state index in [1.807, 2.05) is 60.7 Å². The molecule has 60 heavy (non-hydrogen) atoms. The van der Waals surface area contributed by atoms with Crippen molar-refractivity contribution in [2.24, 2.45) is 0 Å². The van der Waals surface area contributed by atoms with Gasteiger partial charge in [0, 0.05) is 62.6 Å². The van der Waals surface area contributed by atoms with Gasteiger partial charge in [-0.05, 0) is 83.9 Å². The molecule has 0 saturated carbocycles. The van der Waals surface area contributed by atoms with Crippen LogP contribution in [0.15, 0.2) is 252 Å². The van der Waals surface area contributed by atoms with Crippen LogP contribution in [0.3, 0.4) is 0 Å².